The van der Waals surface area contributed by atoms with Crippen molar-refractivity contribution in [3.8, 4) is 0 Å². The van der Waals surface area contributed by atoms with E-state index in [0.29, 0.717) is 0 Å². The summed E-state index contributed by atoms with van der Waals surface area (Å²) in [5.41, 5.74) is 1.60. The average Bonchev–Trinajstić information content (AvgIpc) is 2.84. The number of amides is 2. The quantitative estimate of drug-likeness (QED) is 0.361. The van der Waals surface area contributed by atoms with Crippen LogP contribution in [-0.4, -0.2) is 32.8 Å². The Kier molecular flexibility index (Phi) is 9.00. The molecule has 0 aliphatic heterocycles. The van der Waals surface area contributed by atoms with Crippen LogP contribution in [0.2, 0.25) is 10.0 Å². The number of nitrogens with zero attached hydrogens (tertiary/aromatic N) is 1. The van der Waals surface area contributed by atoms with Crippen LogP contribution < -0.4 is 14.9 Å². The van der Waals surface area contributed by atoms with Crippen LogP contribution in [0.25, 0.3) is 0 Å². The first-order valence-electron chi connectivity index (χ1n) is 11.3. The molecule has 7 nitrogen and oxygen atoms in total. The number of carbonyl (C=O) groups is 2. The van der Waals surface area contributed by atoms with Crippen LogP contribution in [-0.2, 0) is 14.8 Å². The molecule has 0 aliphatic rings. The lowest BCUT2D eigenvalue weighted by molar-refractivity contribution is -0.114. The van der Waals surface area contributed by atoms with Crippen molar-refractivity contribution in [1.82, 2.24) is 5.32 Å². The molecule has 1 atom stereocenters. The zero-order valence-electron chi connectivity index (χ0n) is 20.1. The van der Waals surface area contributed by atoms with E-state index in [-0.39, 0.29) is 43.8 Å². The van der Waals surface area contributed by atoms with Crippen molar-refractivity contribution in [2.24, 2.45) is 0 Å². The predicted octanol–water partition coefficient (Wildman–Crippen LogP) is 5.66. The van der Waals surface area contributed by atoms with Crippen molar-refractivity contribution in [3.05, 3.63) is 87.9 Å². The Bertz CT molecular complexity index is 1360. The molecule has 1 unspecified atom stereocenters. The molecule has 3 aromatic rings. The molecule has 0 fully saturated rings. The van der Waals surface area contributed by atoms with E-state index in [0.717, 1.165) is 16.3 Å². The van der Waals surface area contributed by atoms with Crippen LogP contribution >= 0.6 is 23.2 Å². The fourth-order valence-corrected chi connectivity index (χ4v) is 5.01. The number of carbonyl (C=O) groups excluding carboxylic acids is 2. The molecule has 0 aromatic heterocycles. The van der Waals surface area contributed by atoms with Crippen LogP contribution in [0.15, 0.2) is 71.6 Å². The molecule has 0 bridgehead atoms. The minimum Gasteiger partial charge on any atom is -0.350 e. The summed E-state index contributed by atoms with van der Waals surface area (Å²) >= 11 is 12.2. The number of nitrogens with one attached hydrogen (secondary N) is 2. The average molecular weight is 548 g/mol. The number of anilines is 2. The standard InChI is InChI=1S/C26H27Cl2N3O4S/c1-4-18(3)29-26(33)21-7-5-6-8-24(21)30-25(32)16-31(19-11-14-22(27)23(28)15-19)36(34,35)20-12-9-17(2)10-13-20/h5-15,18H,4,16H2,1-3H3,(H,29,33)(H,30,32). The van der Waals surface area contributed by atoms with Crippen LogP contribution in [0.4, 0.5) is 11.4 Å². The number of rotatable bonds is 9. The number of sulfonamides is 1. The molecule has 3 rings (SSSR count). The second-order valence-corrected chi connectivity index (χ2v) is 11.0. The number of hydrogen-bond acceptors (Lipinski definition) is 4. The summed E-state index contributed by atoms with van der Waals surface area (Å²) in [6.45, 7) is 5.11. The summed E-state index contributed by atoms with van der Waals surface area (Å²) < 4.78 is 28.1. The number of halogens is 2. The number of benzene rings is 3. The second kappa shape index (κ2) is 11.8. The van der Waals surface area contributed by atoms with Gasteiger partial charge in [0, 0.05) is 6.04 Å². The lowest BCUT2D eigenvalue weighted by Gasteiger charge is -2.25. The summed E-state index contributed by atoms with van der Waals surface area (Å²) in [7, 11) is -4.14. The minimum atomic E-state index is -4.14. The molecule has 3 aromatic carbocycles. The Hall–Kier alpha value is -3.07. The summed E-state index contributed by atoms with van der Waals surface area (Å²) in [4.78, 5) is 25.8. The molecule has 0 heterocycles. The fraction of sp³-hybridized carbons (Fsp3) is 0.231. The molecule has 10 heteroatoms. The van der Waals surface area contributed by atoms with E-state index in [1.54, 1.807) is 36.4 Å². The third kappa shape index (κ3) is 6.57. The van der Waals surface area contributed by atoms with Gasteiger partial charge in [-0.2, -0.15) is 0 Å². The maximum atomic E-state index is 13.6. The van der Waals surface area contributed by atoms with Gasteiger partial charge in [-0.25, -0.2) is 8.42 Å². The highest BCUT2D eigenvalue weighted by atomic mass is 35.5. The first-order valence-corrected chi connectivity index (χ1v) is 13.5. The van der Waals surface area contributed by atoms with Gasteiger partial charge in [0.1, 0.15) is 6.54 Å². The molecule has 0 spiro atoms. The molecule has 190 valence electrons. The highest BCUT2D eigenvalue weighted by Crippen LogP contribution is 2.30. The van der Waals surface area contributed by atoms with Gasteiger partial charge < -0.3 is 10.6 Å². The number of aryl methyl sites for hydroxylation is 1. The Morgan fingerprint density at radius 3 is 2.28 bits per heavy atom. The van der Waals surface area contributed by atoms with E-state index < -0.39 is 22.5 Å². The van der Waals surface area contributed by atoms with Gasteiger partial charge in [-0.05, 0) is 62.7 Å². The SMILES string of the molecule is CCC(C)NC(=O)c1ccccc1NC(=O)CN(c1ccc(Cl)c(Cl)c1)S(=O)(=O)c1ccc(C)cc1. The lowest BCUT2D eigenvalue weighted by Crippen LogP contribution is -2.38. The van der Waals surface area contributed by atoms with E-state index in [9.17, 15) is 18.0 Å². The lowest BCUT2D eigenvalue weighted by atomic mass is 10.1. The molecule has 0 aliphatic carbocycles. The first kappa shape index (κ1) is 27.5. The summed E-state index contributed by atoms with van der Waals surface area (Å²) in [5.74, 6) is -0.977. The Labute approximate surface area is 221 Å². The van der Waals surface area contributed by atoms with Gasteiger partial charge >= 0.3 is 0 Å². The van der Waals surface area contributed by atoms with Gasteiger partial charge in [-0.1, -0.05) is 60.0 Å². The maximum absolute atomic E-state index is 13.6. The molecule has 0 saturated heterocycles. The zero-order chi connectivity index (χ0) is 26.5. The second-order valence-electron chi connectivity index (χ2n) is 8.30. The van der Waals surface area contributed by atoms with Crippen LogP contribution in [0, 0.1) is 6.92 Å². The van der Waals surface area contributed by atoms with Crippen molar-refractivity contribution in [1.29, 1.82) is 0 Å². The largest absolute Gasteiger partial charge is 0.350 e. The Morgan fingerprint density at radius 2 is 1.64 bits per heavy atom. The number of para-hydroxylation sites is 1. The third-order valence-corrected chi connectivity index (χ3v) is 8.05. The van der Waals surface area contributed by atoms with Crippen molar-refractivity contribution in [3.63, 3.8) is 0 Å². The van der Waals surface area contributed by atoms with Gasteiger partial charge in [0.2, 0.25) is 5.91 Å². The van der Waals surface area contributed by atoms with Gasteiger partial charge in [-0.3, -0.25) is 13.9 Å². The van der Waals surface area contributed by atoms with E-state index in [1.165, 1.54) is 30.3 Å². The molecular weight excluding hydrogens is 521 g/mol. The molecule has 2 N–H and O–H groups in total. The zero-order valence-corrected chi connectivity index (χ0v) is 22.4. The molecule has 36 heavy (non-hydrogen) atoms. The monoisotopic (exact) mass is 547 g/mol. The summed E-state index contributed by atoms with van der Waals surface area (Å²) in [5, 5.41) is 5.93. The Balaban J connectivity index is 1.94. The topological polar surface area (TPSA) is 95.6 Å². The van der Waals surface area contributed by atoms with E-state index in [1.807, 2.05) is 20.8 Å². The van der Waals surface area contributed by atoms with Crippen molar-refractivity contribution in [2.45, 2.75) is 38.1 Å². The molecular formula is C26H27Cl2N3O4S. The summed E-state index contributed by atoms with van der Waals surface area (Å²) in [6.07, 6.45) is 0.746. The van der Waals surface area contributed by atoms with Crippen LogP contribution in [0.3, 0.4) is 0 Å². The van der Waals surface area contributed by atoms with Gasteiger partial charge in [-0.15, -0.1) is 0 Å². The maximum Gasteiger partial charge on any atom is 0.264 e. The summed E-state index contributed by atoms with van der Waals surface area (Å²) in [6, 6.07) is 17.1. The molecule has 2 amide bonds. The highest BCUT2D eigenvalue weighted by Gasteiger charge is 2.28. The van der Waals surface area contributed by atoms with Crippen LogP contribution in [0.5, 0.6) is 0 Å². The fourth-order valence-electron chi connectivity index (χ4n) is 3.31. The molecule has 0 saturated carbocycles. The van der Waals surface area contributed by atoms with Crippen LogP contribution in [0.1, 0.15) is 36.2 Å². The third-order valence-electron chi connectivity index (χ3n) is 5.52. The first-order chi connectivity index (χ1) is 17.0. The normalized spacial score (nSPS) is 12.0. The van der Waals surface area contributed by atoms with Crippen molar-refractivity contribution >= 4 is 56.4 Å². The van der Waals surface area contributed by atoms with Gasteiger partial charge in [0.15, 0.2) is 0 Å². The Morgan fingerprint density at radius 1 is 0.972 bits per heavy atom. The van der Waals surface area contributed by atoms with Crippen molar-refractivity contribution in [2.75, 3.05) is 16.2 Å². The highest BCUT2D eigenvalue weighted by molar-refractivity contribution is 7.92. The van der Waals surface area contributed by atoms with E-state index >= 15 is 0 Å². The predicted molar refractivity (Wildman–Crippen MR) is 144 cm³/mol. The number of hydrogen-bond donors (Lipinski definition) is 2. The minimum absolute atomic E-state index is 0.0142. The van der Waals surface area contributed by atoms with E-state index in [4.69, 9.17) is 23.2 Å². The smallest absolute Gasteiger partial charge is 0.264 e. The van der Waals surface area contributed by atoms with Gasteiger partial charge in [0.05, 0.1) is 31.9 Å². The van der Waals surface area contributed by atoms with E-state index in [2.05, 4.69) is 10.6 Å². The molecule has 0 radical (unpaired) electrons. The van der Waals surface area contributed by atoms with Gasteiger partial charge in [0.25, 0.3) is 15.9 Å². The van der Waals surface area contributed by atoms with Crippen molar-refractivity contribution < 1.29 is 18.0 Å².